The van der Waals surface area contributed by atoms with Crippen LogP contribution in [0.3, 0.4) is 0 Å². The SMILES string of the molecule is C.CC[C@H]1CC2C3CCC(CCCN)C3(C)CC[C@@H]2C2(C)CCCCC12. The van der Waals surface area contributed by atoms with Gasteiger partial charge < -0.3 is 5.73 Å². The van der Waals surface area contributed by atoms with Gasteiger partial charge in [0.1, 0.15) is 0 Å². The zero-order valence-corrected chi connectivity index (χ0v) is 17.2. The molecule has 0 aromatic carbocycles. The molecule has 0 saturated heterocycles. The first kappa shape index (κ1) is 20.7. The second-order valence-electron chi connectivity index (χ2n) is 10.9. The van der Waals surface area contributed by atoms with Gasteiger partial charge in [0.15, 0.2) is 0 Å². The van der Waals surface area contributed by atoms with Gasteiger partial charge in [-0.3, -0.25) is 0 Å². The molecule has 4 fully saturated rings. The van der Waals surface area contributed by atoms with Crippen LogP contribution in [0, 0.1) is 46.3 Å². The Morgan fingerprint density at radius 1 is 0.885 bits per heavy atom. The molecule has 0 aromatic rings. The first-order valence-corrected chi connectivity index (χ1v) is 11.7. The molecule has 4 aliphatic carbocycles. The van der Waals surface area contributed by atoms with Crippen LogP contribution in [0.5, 0.6) is 0 Å². The van der Waals surface area contributed by atoms with E-state index >= 15 is 0 Å². The second-order valence-corrected chi connectivity index (χ2v) is 10.9. The van der Waals surface area contributed by atoms with Crippen molar-refractivity contribution < 1.29 is 0 Å². The summed E-state index contributed by atoms with van der Waals surface area (Å²) in [6.07, 6.45) is 17.9. The molecule has 26 heavy (non-hydrogen) atoms. The predicted octanol–water partition coefficient (Wildman–Crippen LogP) is 7.05. The van der Waals surface area contributed by atoms with E-state index in [1.165, 1.54) is 57.8 Å². The Morgan fingerprint density at radius 3 is 2.38 bits per heavy atom. The topological polar surface area (TPSA) is 26.0 Å². The first-order valence-electron chi connectivity index (χ1n) is 11.7. The second kappa shape index (κ2) is 7.76. The van der Waals surface area contributed by atoms with Gasteiger partial charge >= 0.3 is 0 Å². The molecular weight excluding hydrogens is 314 g/mol. The number of hydrogen-bond acceptors (Lipinski definition) is 1. The van der Waals surface area contributed by atoms with Crippen molar-refractivity contribution in [2.24, 2.45) is 52.1 Å². The van der Waals surface area contributed by atoms with E-state index in [2.05, 4.69) is 20.8 Å². The Hall–Kier alpha value is -0.0400. The summed E-state index contributed by atoms with van der Waals surface area (Å²) >= 11 is 0. The van der Waals surface area contributed by atoms with E-state index in [1.54, 1.807) is 19.3 Å². The molecule has 0 radical (unpaired) electrons. The standard InChI is InChI=1S/C24H43N.CH4/c1-4-17-16-19-21-11-10-18(8-7-15-25)23(21,2)14-12-22(19)24(3)13-6-5-9-20(17)24;/h17-22H,4-16,25H2,1-3H3;1H4/t17-,18?,19?,20?,21?,22-,23?,24?;/m0./s1. The van der Waals surface area contributed by atoms with Crippen molar-refractivity contribution in [1.82, 2.24) is 0 Å². The fourth-order valence-electron chi connectivity index (χ4n) is 8.97. The van der Waals surface area contributed by atoms with Gasteiger partial charge in [0.25, 0.3) is 0 Å². The van der Waals surface area contributed by atoms with Gasteiger partial charge in [-0.05, 0) is 111 Å². The minimum Gasteiger partial charge on any atom is -0.330 e. The molecule has 4 rings (SSSR count). The molecule has 0 heterocycles. The lowest BCUT2D eigenvalue weighted by atomic mass is 9.42. The molecule has 8 atom stereocenters. The zero-order valence-electron chi connectivity index (χ0n) is 17.2. The van der Waals surface area contributed by atoms with Gasteiger partial charge in [-0.25, -0.2) is 0 Å². The molecule has 4 saturated carbocycles. The molecule has 0 bridgehead atoms. The third kappa shape index (κ3) is 2.99. The summed E-state index contributed by atoms with van der Waals surface area (Å²) in [6, 6.07) is 0. The Labute approximate surface area is 164 Å². The van der Waals surface area contributed by atoms with E-state index in [-0.39, 0.29) is 7.43 Å². The molecule has 0 aromatic heterocycles. The lowest BCUT2D eigenvalue weighted by Gasteiger charge is -2.62. The summed E-state index contributed by atoms with van der Waals surface area (Å²) in [5.74, 6) is 6.17. The number of hydrogen-bond donors (Lipinski definition) is 1. The molecule has 152 valence electrons. The van der Waals surface area contributed by atoms with E-state index in [0.717, 1.165) is 42.1 Å². The lowest BCUT2D eigenvalue weighted by molar-refractivity contribution is -0.135. The Morgan fingerprint density at radius 2 is 1.65 bits per heavy atom. The molecular formula is C25H47N. The van der Waals surface area contributed by atoms with Crippen molar-refractivity contribution in [2.75, 3.05) is 6.54 Å². The minimum atomic E-state index is 0. The Bertz CT molecular complexity index is 473. The summed E-state index contributed by atoms with van der Waals surface area (Å²) in [5.41, 5.74) is 7.18. The average Bonchev–Trinajstić information content (AvgIpc) is 2.95. The molecule has 0 amide bonds. The maximum absolute atomic E-state index is 5.85. The van der Waals surface area contributed by atoms with E-state index in [9.17, 15) is 0 Å². The maximum Gasteiger partial charge on any atom is -0.00772 e. The van der Waals surface area contributed by atoms with Crippen LogP contribution in [0.1, 0.15) is 105 Å². The summed E-state index contributed by atoms with van der Waals surface area (Å²) in [4.78, 5) is 0. The van der Waals surface area contributed by atoms with Crippen LogP contribution in [0.2, 0.25) is 0 Å². The highest BCUT2D eigenvalue weighted by molar-refractivity contribution is 5.10. The molecule has 1 heteroatoms. The molecule has 1 nitrogen and oxygen atoms in total. The Kier molecular flexibility index (Phi) is 6.18. The third-order valence-electron chi connectivity index (χ3n) is 10.2. The predicted molar refractivity (Wildman–Crippen MR) is 114 cm³/mol. The number of rotatable bonds is 4. The largest absolute Gasteiger partial charge is 0.330 e. The van der Waals surface area contributed by atoms with Gasteiger partial charge in [0.05, 0.1) is 0 Å². The highest BCUT2D eigenvalue weighted by Crippen LogP contribution is 2.69. The van der Waals surface area contributed by atoms with Gasteiger partial charge in [0.2, 0.25) is 0 Å². The van der Waals surface area contributed by atoms with Crippen molar-refractivity contribution in [3.63, 3.8) is 0 Å². The third-order valence-corrected chi connectivity index (χ3v) is 10.2. The smallest absolute Gasteiger partial charge is 0.00772 e. The monoisotopic (exact) mass is 361 g/mol. The van der Waals surface area contributed by atoms with Crippen LogP contribution in [0.25, 0.3) is 0 Å². The van der Waals surface area contributed by atoms with Crippen LogP contribution in [0.4, 0.5) is 0 Å². The molecule has 0 spiro atoms. The van der Waals surface area contributed by atoms with Crippen LogP contribution < -0.4 is 5.73 Å². The van der Waals surface area contributed by atoms with Crippen molar-refractivity contribution in [3.8, 4) is 0 Å². The van der Waals surface area contributed by atoms with Gasteiger partial charge in [-0.1, -0.05) is 47.5 Å². The van der Waals surface area contributed by atoms with Crippen LogP contribution in [0.15, 0.2) is 0 Å². The summed E-state index contributed by atoms with van der Waals surface area (Å²) in [7, 11) is 0. The molecule has 2 N–H and O–H groups in total. The summed E-state index contributed by atoms with van der Waals surface area (Å²) in [6.45, 7) is 8.81. The highest BCUT2D eigenvalue weighted by Gasteiger charge is 2.60. The summed E-state index contributed by atoms with van der Waals surface area (Å²) < 4.78 is 0. The molecule has 4 aliphatic rings. The quantitative estimate of drug-likeness (QED) is 0.570. The van der Waals surface area contributed by atoms with Gasteiger partial charge in [0, 0.05) is 0 Å². The maximum atomic E-state index is 5.85. The fourth-order valence-corrected chi connectivity index (χ4v) is 8.97. The normalized spacial score (nSPS) is 50.3. The van der Waals surface area contributed by atoms with Crippen LogP contribution in [-0.2, 0) is 0 Å². The van der Waals surface area contributed by atoms with Crippen LogP contribution in [-0.4, -0.2) is 6.54 Å². The van der Waals surface area contributed by atoms with E-state index in [1.807, 2.05) is 0 Å². The first-order chi connectivity index (χ1) is 12.0. The summed E-state index contributed by atoms with van der Waals surface area (Å²) in [5, 5.41) is 0. The Balaban J connectivity index is 0.00000196. The van der Waals surface area contributed by atoms with Crippen molar-refractivity contribution in [2.45, 2.75) is 105 Å². The van der Waals surface area contributed by atoms with Gasteiger partial charge in [-0.2, -0.15) is 0 Å². The van der Waals surface area contributed by atoms with Gasteiger partial charge in [-0.15, -0.1) is 0 Å². The van der Waals surface area contributed by atoms with Crippen molar-refractivity contribution in [1.29, 1.82) is 0 Å². The highest BCUT2D eigenvalue weighted by atomic mass is 14.7. The molecule has 0 aliphatic heterocycles. The van der Waals surface area contributed by atoms with E-state index < -0.39 is 0 Å². The lowest BCUT2D eigenvalue weighted by Crippen LogP contribution is -2.55. The van der Waals surface area contributed by atoms with Crippen molar-refractivity contribution in [3.05, 3.63) is 0 Å². The van der Waals surface area contributed by atoms with E-state index in [0.29, 0.717) is 10.8 Å². The zero-order chi connectivity index (χ0) is 17.7. The average molecular weight is 362 g/mol. The van der Waals surface area contributed by atoms with Crippen molar-refractivity contribution >= 4 is 0 Å². The fraction of sp³-hybridized carbons (Fsp3) is 1.00. The minimum absolute atomic E-state index is 0. The van der Waals surface area contributed by atoms with Crippen LogP contribution >= 0.6 is 0 Å². The number of fused-ring (bicyclic) bond motifs is 5. The van der Waals surface area contributed by atoms with E-state index in [4.69, 9.17) is 5.73 Å². The molecule has 6 unspecified atom stereocenters. The number of nitrogens with two attached hydrogens (primary N) is 1.